The SMILES string of the molecule is CC(C)C12CNCC(CNC1)C21CCCCC1. The van der Waals surface area contributed by atoms with Crippen LogP contribution in [0.2, 0.25) is 0 Å². The van der Waals surface area contributed by atoms with Crippen LogP contribution in [0, 0.1) is 22.7 Å². The van der Waals surface area contributed by atoms with Gasteiger partial charge in [0.1, 0.15) is 0 Å². The molecule has 98 valence electrons. The maximum absolute atomic E-state index is 3.74. The van der Waals surface area contributed by atoms with Crippen LogP contribution in [0.25, 0.3) is 0 Å². The molecule has 0 atom stereocenters. The van der Waals surface area contributed by atoms with Gasteiger partial charge in [-0.3, -0.25) is 0 Å². The van der Waals surface area contributed by atoms with Gasteiger partial charge in [-0.15, -0.1) is 0 Å². The van der Waals surface area contributed by atoms with E-state index in [9.17, 15) is 0 Å². The van der Waals surface area contributed by atoms with E-state index in [0.717, 1.165) is 11.8 Å². The monoisotopic (exact) mass is 236 g/mol. The summed E-state index contributed by atoms with van der Waals surface area (Å²) in [7, 11) is 0. The molecule has 3 fully saturated rings. The molecule has 0 amide bonds. The normalized spacial score (nSPS) is 40.8. The molecular weight excluding hydrogens is 208 g/mol. The van der Waals surface area contributed by atoms with E-state index in [2.05, 4.69) is 24.5 Å². The van der Waals surface area contributed by atoms with Gasteiger partial charge in [0, 0.05) is 18.5 Å². The molecule has 3 aliphatic rings. The Morgan fingerprint density at radius 2 is 1.53 bits per heavy atom. The van der Waals surface area contributed by atoms with Crippen LogP contribution in [0.4, 0.5) is 0 Å². The summed E-state index contributed by atoms with van der Waals surface area (Å²) in [5, 5.41) is 7.48. The second-order valence-corrected chi connectivity index (χ2v) is 6.99. The summed E-state index contributed by atoms with van der Waals surface area (Å²) < 4.78 is 0. The molecule has 1 saturated carbocycles. The van der Waals surface area contributed by atoms with Gasteiger partial charge in [0.15, 0.2) is 0 Å². The molecule has 0 unspecified atom stereocenters. The molecule has 2 N–H and O–H groups in total. The first-order chi connectivity index (χ1) is 8.21. The van der Waals surface area contributed by atoms with Crippen LogP contribution in [0.15, 0.2) is 0 Å². The molecule has 17 heavy (non-hydrogen) atoms. The molecule has 2 aliphatic heterocycles. The molecule has 0 aromatic rings. The third-order valence-electron chi connectivity index (χ3n) is 6.29. The first kappa shape index (κ1) is 12.0. The van der Waals surface area contributed by atoms with E-state index in [1.807, 2.05) is 0 Å². The van der Waals surface area contributed by atoms with E-state index in [-0.39, 0.29) is 0 Å². The summed E-state index contributed by atoms with van der Waals surface area (Å²) in [5.41, 5.74) is 1.19. The standard InChI is InChI=1S/C15H28N2/c1-12(2)15-10-16-8-13(9-17-11-15)14(15)6-4-3-5-7-14/h12-13,16-17H,3-11H2,1-2H3. The van der Waals surface area contributed by atoms with Crippen LogP contribution in [-0.2, 0) is 0 Å². The second-order valence-electron chi connectivity index (χ2n) is 6.99. The third-order valence-corrected chi connectivity index (χ3v) is 6.29. The van der Waals surface area contributed by atoms with Crippen molar-refractivity contribution in [3.05, 3.63) is 0 Å². The Bertz CT molecular complexity index is 269. The Morgan fingerprint density at radius 3 is 2.06 bits per heavy atom. The molecule has 2 saturated heterocycles. The molecule has 1 spiro atoms. The minimum Gasteiger partial charge on any atom is -0.316 e. The molecule has 2 heteroatoms. The molecule has 0 aromatic carbocycles. The van der Waals surface area contributed by atoms with Gasteiger partial charge in [0.2, 0.25) is 0 Å². The Morgan fingerprint density at radius 1 is 0.941 bits per heavy atom. The smallest absolute Gasteiger partial charge is 0.00354 e. The van der Waals surface area contributed by atoms with Gasteiger partial charge in [0.05, 0.1) is 0 Å². The highest BCUT2D eigenvalue weighted by atomic mass is 15.0. The second kappa shape index (κ2) is 4.24. The molecule has 0 radical (unpaired) electrons. The largest absolute Gasteiger partial charge is 0.316 e. The van der Waals surface area contributed by atoms with Crippen molar-refractivity contribution in [3.8, 4) is 0 Å². The number of nitrogens with one attached hydrogen (secondary N) is 2. The average molecular weight is 236 g/mol. The highest BCUT2D eigenvalue weighted by Gasteiger charge is 2.59. The van der Waals surface area contributed by atoms with E-state index >= 15 is 0 Å². The molecule has 2 heterocycles. The minimum atomic E-state index is 0.522. The topological polar surface area (TPSA) is 24.1 Å². The van der Waals surface area contributed by atoms with Crippen molar-refractivity contribution in [3.63, 3.8) is 0 Å². The highest BCUT2D eigenvalue weighted by molar-refractivity contribution is 5.12. The highest BCUT2D eigenvalue weighted by Crippen LogP contribution is 2.60. The fourth-order valence-electron chi connectivity index (χ4n) is 5.29. The maximum Gasteiger partial charge on any atom is 0.00354 e. The summed E-state index contributed by atoms with van der Waals surface area (Å²) in [6.07, 6.45) is 7.43. The first-order valence-electron chi connectivity index (χ1n) is 7.63. The van der Waals surface area contributed by atoms with E-state index in [4.69, 9.17) is 0 Å². The van der Waals surface area contributed by atoms with Crippen molar-refractivity contribution < 1.29 is 0 Å². The van der Waals surface area contributed by atoms with E-state index in [1.54, 1.807) is 0 Å². The van der Waals surface area contributed by atoms with Gasteiger partial charge in [-0.1, -0.05) is 33.1 Å². The van der Waals surface area contributed by atoms with E-state index in [1.165, 1.54) is 58.3 Å². The summed E-state index contributed by atoms with van der Waals surface area (Å²) >= 11 is 0. The summed E-state index contributed by atoms with van der Waals surface area (Å²) in [6.45, 7) is 9.89. The zero-order valence-electron chi connectivity index (χ0n) is 11.5. The summed E-state index contributed by atoms with van der Waals surface area (Å²) in [6, 6.07) is 0. The van der Waals surface area contributed by atoms with Crippen LogP contribution < -0.4 is 10.6 Å². The first-order valence-corrected chi connectivity index (χ1v) is 7.63. The van der Waals surface area contributed by atoms with Crippen LogP contribution in [-0.4, -0.2) is 26.2 Å². The molecule has 2 bridgehead atoms. The van der Waals surface area contributed by atoms with Gasteiger partial charge in [-0.2, -0.15) is 0 Å². The van der Waals surface area contributed by atoms with Crippen molar-refractivity contribution in [2.45, 2.75) is 46.0 Å². The zero-order valence-corrected chi connectivity index (χ0v) is 11.5. The Labute approximate surface area is 106 Å². The van der Waals surface area contributed by atoms with Crippen molar-refractivity contribution in [1.82, 2.24) is 10.6 Å². The number of hydrogen-bond donors (Lipinski definition) is 2. The van der Waals surface area contributed by atoms with E-state index < -0.39 is 0 Å². The fourth-order valence-corrected chi connectivity index (χ4v) is 5.29. The zero-order chi connectivity index (χ0) is 11.9. The lowest BCUT2D eigenvalue weighted by Crippen LogP contribution is -2.70. The fraction of sp³-hybridized carbons (Fsp3) is 1.00. The number of hydrogen-bond acceptors (Lipinski definition) is 2. The van der Waals surface area contributed by atoms with Crippen molar-refractivity contribution >= 4 is 0 Å². The number of piperidine rings is 2. The van der Waals surface area contributed by atoms with Crippen molar-refractivity contribution in [1.29, 1.82) is 0 Å². The quantitative estimate of drug-likeness (QED) is 0.730. The Kier molecular flexibility index (Phi) is 2.99. The van der Waals surface area contributed by atoms with Gasteiger partial charge >= 0.3 is 0 Å². The predicted molar refractivity (Wildman–Crippen MR) is 72.0 cm³/mol. The molecule has 3 rings (SSSR count). The lowest BCUT2D eigenvalue weighted by molar-refractivity contribution is -0.128. The molecule has 1 aliphatic carbocycles. The van der Waals surface area contributed by atoms with Gasteiger partial charge in [-0.05, 0) is 43.2 Å². The lowest BCUT2D eigenvalue weighted by atomic mass is 9.45. The van der Waals surface area contributed by atoms with E-state index in [0.29, 0.717) is 10.8 Å². The average Bonchev–Trinajstić information content (AvgIpc) is 2.29. The molecule has 2 nitrogen and oxygen atoms in total. The van der Waals surface area contributed by atoms with Crippen LogP contribution >= 0.6 is 0 Å². The maximum atomic E-state index is 3.74. The molecule has 0 aromatic heterocycles. The Hall–Kier alpha value is -0.0800. The number of rotatable bonds is 1. The van der Waals surface area contributed by atoms with Gasteiger partial charge < -0.3 is 10.6 Å². The van der Waals surface area contributed by atoms with Crippen molar-refractivity contribution in [2.24, 2.45) is 22.7 Å². The lowest BCUT2D eigenvalue weighted by Gasteiger charge is -2.64. The minimum absolute atomic E-state index is 0.522. The van der Waals surface area contributed by atoms with Gasteiger partial charge in [-0.25, -0.2) is 0 Å². The summed E-state index contributed by atoms with van der Waals surface area (Å²) in [5.74, 6) is 1.68. The van der Waals surface area contributed by atoms with Crippen molar-refractivity contribution in [2.75, 3.05) is 26.2 Å². The Balaban J connectivity index is 2.00. The van der Waals surface area contributed by atoms with Crippen LogP contribution in [0.3, 0.4) is 0 Å². The van der Waals surface area contributed by atoms with Gasteiger partial charge in [0.25, 0.3) is 0 Å². The van der Waals surface area contributed by atoms with Crippen LogP contribution in [0.5, 0.6) is 0 Å². The predicted octanol–water partition coefficient (Wildman–Crippen LogP) is 2.40. The third kappa shape index (κ3) is 1.53. The molecular formula is C15H28N2. The van der Waals surface area contributed by atoms with Crippen LogP contribution in [0.1, 0.15) is 46.0 Å². The summed E-state index contributed by atoms with van der Waals surface area (Å²) in [4.78, 5) is 0.